The molecule has 2 fully saturated rings. The van der Waals surface area contributed by atoms with Crippen LogP contribution in [-0.4, -0.2) is 106 Å². The van der Waals surface area contributed by atoms with Gasteiger partial charge in [-0.2, -0.15) is 0 Å². The number of rotatable bonds is 12. The van der Waals surface area contributed by atoms with E-state index in [1.54, 1.807) is 52.5 Å². The summed E-state index contributed by atoms with van der Waals surface area (Å²) >= 11 is 0. The van der Waals surface area contributed by atoms with Gasteiger partial charge in [0.05, 0.1) is 66.0 Å². The molecule has 2 saturated heterocycles. The van der Waals surface area contributed by atoms with Gasteiger partial charge in [0.1, 0.15) is 23.7 Å². The van der Waals surface area contributed by atoms with Crippen molar-refractivity contribution in [2.24, 2.45) is 11.8 Å². The summed E-state index contributed by atoms with van der Waals surface area (Å²) in [5, 5.41) is 6.81. The number of hydrogen-bond acceptors (Lipinski definition) is 10. The molecule has 2 aliphatic rings. The van der Waals surface area contributed by atoms with Gasteiger partial charge >= 0.3 is 12.2 Å². The summed E-state index contributed by atoms with van der Waals surface area (Å²) in [4.78, 5) is 71.7. The molecule has 5 heterocycles. The Bertz CT molecular complexity index is 2680. The normalized spacial score (nSPS) is 17.6. The van der Waals surface area contributed by atoms with E-state index >= 15 is 0 Å². The number of aromatic nitrogens is 5. The molecule has 2 aliphatic heterocycles. The maximum atomic E-state index is 14.7. The summed E-state index contributed by atoms with van der Waals surface area (Å²) in [5.74, 6) is 0.380. The minimum absolute atomic E-state index is 0.122. The average Bonchev–Trinajstić information content (AvgIpc) is 4.15. The monoisotopic (exact) mass is 891 g/mol. The number of ether oxygens (including phenoxy) is 2. The largest absolute Gasteiger partial charge is 0.453 e. The highest BCUT2D eigenvalue weighted by molar-refractivity contribution is 7.90. The molecule has 64 heavy (non-hydrogen) atoms. The maximum Gasteiger partial charge on any atom is 0.407 e. The molecule has 3 aromatic carbocycles. The average molecular weight is 892 g/mol. The molecule has 0 aliphatic carbocycles. The van der Waals surface area contributed by atoms with E-state index in [9.17, 15) is 27.6 Å². The third-order valence-corrected chi connectivity index (χ3v) is 14.0. The van der Waals surface area contributed by atoms with Crippen LogP contribution in [0, 0.1) is 11.8 Å². The summed E-state index contributed by atoms with van der Waals surface area (Å²) in [7, 11) is -1.63. The first-order valence-corrected chi connectivity index (χ1v) is 22.9. The Balaban J connectivity index is 1.15. The van der Waals surface area contributed by atoms with Crippen molar-refractivity contribution in [1.82, 2.24) is 44.3 Å². The fraction of sp³-hybridized carbons (Fsp3) is 0.391. The smallest absolute Gasteiger partial charge is 0.407 e. The summed E-state index contributed by atoms with van der Waals surface area (Å²) in [6.45, 7) is 8.47. The van der Waals surface area contributed by atoms with Crippen LogP contribution in [0.3, 0.4) is 0 Å². The van der Waals surface area contributed by atoms with Gasteiger partial charge in [-0.25, -0.2) is 31.9 Å². The number of imidazole rings is 2. The second-order valence-electron chi connectivity index (χ2n) is 17.0. The molecule has 1 unspecified atom stereocenters. The number of alkyl carbamates (subject to hydrolysis) is 2. The number of methoxy groups -OCH3 is 2. The summed E-state index contributed by atoms with van der Waals surface area (Å²) in [5.41, 5.74) is 3.59. The van der Waals surface area contributed by atoms with Crippen LogP contribution in [0.1, 0.15) is 77.1 Å². The zero-order valence-electron chi connectivity index (χ0n) is 36.6. The van der Waals surface area contributed by atoms with Crippen LogP contribution >= 0.6 is 0 Å². The molecule has 6 aromatic rings. The lowest BCUT2D eigenvalue weighted by atomic mass is 10.0. The quantitative estimate of drug-likeness (QED) is 0.0998. The number of nitrogens with one attached hydrogen (secondary N) is 4. The summed E-state index contributed by atoms with van der Waals surface area (Å²) in [6, 6.07) is 17.3. The van der Waals surface area contributed by atoms with Gasteiger partial charge in [0, 0.05) is 35.0 Å². The second-order valence-corrected chi connectivity index (χ2v) is 18.8. The molecule has 336 valence electrons. The van der Waals surface area contributed by atoms with Crippen LogP contribution in [0.5, 0.6) is 0 Å². The number of hydrogen-bond donors (Lipinski definition) is 4. The van der Waals surface area contributed by atoms with Gasteiger partial charge in [0.2, 0.25) is 11.8 Å². The Morgan fingerprint density at radius 2 is 1.11 bits per heavy atom. The maximum absolute atomic E-state index is 14.7. The molecule has 18 heteroatoms. The minimum Gasteiger partial charge on any atom is -0.453 e. The van der Waals surface area contributed by atoms with E-state index in [0.29, 0.717) is 71.1 Å². The van der Waals surface area contributed by atoms with Gasteiger partial charge in [-0.15, -0.1) is 0 Å². The molecule has 0 saturated carbocycles. The first-order chi connectivity index (χ1) is 30.7. The summed E-state index contributed by atoms with van der Waals surface area (Å²) < 4.78 is 40.4. The lowest BCUT2D eigenvalue weighted by molar-refractivity contribution is -0.136. The fourth-order valence-corrected chi connectivity index (χ4v) is 10.5. The molecule has 17 nitrogen and oxygen atoms in total. The van der Waals surface area contributed by atoms with Crippen LogP contribution in [0.15, 0.2) is 84.0 Å². The Kier molecular flexibility index (Phi) is 12.2. The Labute approximate surface area is 371 Å². The lowest BCUT2D eigenvalue weighted by Gasteiger charge is -2.30. The second kappa shape index (κ2) is 17.8. The minimum atomic E-state index is -4.15. The van der Waals surface area contributed by atoms with Crippen LogP contribution in [0.4, 0.5) is 9.59 Å². The Hall–Kier alpha value is -6.69. The van der Waals surface area contributed by atoms with Gasteiger partial charge in [0.15, 0.2) is 0 Å². The molecule has 3 aromatic heterocycles. The van der Waals surface area contributed by atoms with E-state index < -0.39 is 34.3 Å². The molecule has 0 spiro atoms. The van der Waals surface area contributed by atoms with Crippen molar-refractivity contribution in [3.05, 3.63) is 90.8 Å². The lowest BCUT2D eigenvalue weighted by Crippen LogP contribution is -2.51. The molecule has 0 bridgehead atoms. The highest BCUT2D eigenvalue weighted by atomic mass is 32.2. The highest BCUT2D eigenvalue weighted by Crippen LogP contribution is 2.39. The zero-order chi connectivity index (χ0) is 45.4. The molecule has 8 rings (SSSR count). The predicted octanol–water partition coefficient (Wildman–Crippen LogP) is 6.90. The topological polar surface area (TPSA) is 214 Å². The fourth-order valence-electron chi connectivity index (χ4n) is 8.97. The Morgan fingerprint density at radius 1 is 0.672 bits per heavy atom. The zero-order valence-corrected chi connectivity index (χ0v) is 37.4. The highest BCUT2D eigenvalue weighted by Gasteiger charge is 2.39. The van der Waals surface area contributed by atoms with Gasteiger partial charge in [-0.3, -0.25) is 9.59 Å². The van der Waals surface area contributed by atoms with Crippen LogP contribution in [0.25, 0.3) is 44.3 Å². The van der Waals surface area contributed by atoms with Crippen molar-refractivity contribution >= 4 is 55.8 Å². The molecule has 4 N–H and O–H groups in total. The SMILES string of the molecule is COC(=O)N[C@H](C(=O)N1CCCC1c1ncc(-c2ccc3c4ccc(-c5cnc([C@@H]6CCCN6C(=O)[C@@H](NC(=O)OC)C(C)C)[nH]5)cc4n(S(=O)(=O)c4ccccc4)c3c2)[nH]1)C(C)C. The van der Waals surface area contributed by atoms with Crippen molar-refractivity contribution < 1.29 is 37.1 Å². The van der Waals surface area contributed by atoms with E-state index in [1.807, 2.05) is 64.1 Å². The number of likely N-dealkylation sites (tertiary alicyclic amines) is 2. The predicted molar refractivity (Wildman–Crippen MR) is 239 cm³/mol. The molecular formula is C46H53N9O8S. The van der Waals surface area contributed by atoms with Crippen LogP contribution in [-0.2, 0) is 29.1 Å². The van der Waals surface area contributed by atoms with E-state index in [2.05, 4.69) is 20.6 Å². The number of carbonyl (C=O) groups excluding carboxylic acids is 4. The number of nitrogens with zero attached hydrogens (tertiary/aromatic N) is 5. The van der Waals surface area contributed by atoms with Crippen molar-refractivity contribution in [2.75, 3.05) is 27.3 Å². The number of aromatic amines is 2. The molecule has 4 atom stereocenters. The Morgan fingerprint density at radius 3 is 1.52 bits per heavy atom. The standard InChI is InChI=1S/C46H53N9O8S/c1-26(2)39(51-45(58)62-5)43(56)53-20-10-14-35(53)41-47-24-33(49-41)28-16-18-31-32-19-17-29(23-38(32)55(37(31)22-28)64(60,61)30-12-8-7-9-13-30)34-25-48-42(50-34)36-15-11-21-54(36)44(57)40(27(3)4)52-46(59)63-6/h7-9,12-13,16-19,22-27,35-36,39-40H,10-11,14-15,20-21H2,1-6H3,(H,47,49)(H,48,50)(H,51,58)(H,52,59)/t35-,36?,39-,40-/m0/s1. The van der Waals surface area contributed by atoms with Crippen LogP contribution in [0.2, 0.25) is 0 Å². The van der Waals surface area contributed by atoms with Gasteiger partial charge in [-0.05, 0) is 61.8 Å². The van der Waals surface area contributed by atoms with Gasteiger partial charge < -0.3 is 39.9 Å². The molecular weight excluding hydrogens is 839 g/mol. The van der Waals surface area contributed by atoms with E-state index in [1.165, 1.54) is 18.2 Å². The first-order valence-electron chi connectivity index (χ1n) is 21.5. The van der Waals surface area contributed by atoms with Gasteiger partial charge in [0.25, 0.3) is 10.0 Å². The van der Waals surface area contributed by atoms with Crippen molar-refractivity contribution in [3.8, 4) is 22.5 Å². The van der Waals surface area contributed by atoms with E-state index in [4.69, 9.17) is 19.4 Å². The van der Waals surface area contributed by atoms with Crippen molar-refractivity contribution in [1.29, 1.82) is 0 Å². The first kappa shape index (κ1) is 43.9. The summed E-state index contributed by atoms with van der Waals surface area (Å²) in [6.07, 6.45) is 4.89. The molecule has 0 radical (unpaired) electrons. The number of benzene rings is 3. The number of fused-ring (bicyclic) bond motifs is 3. The third kappa shape index (κ3) is 8.17. The van der Waals surface area contributed by atoms with Gasteiger partial charge in [-0.1, -0.05) is 70.2 Å². The number of carbonyl (C=O) groups is 4. The number of H-pyrrole nitrogens is 2. The number of amides is 4. The molecule has 4 amide bonds. The van der Waals surface area contributed by atoms with Crippen molar-refractivity contribution in [2.45, 2.75) is 82.4 Å². The van der Waals surface area contributed by atoms with Crippen LogP contribution < -0.4 is 10.6 Å². The van der Waals surface area contributed by atoms with Crippen molar-refractivity contribution in [3.63, 3.8) is 0 Å². The third-order valence-electron chi connectivity index (χ3n) is 12.3. The van der Waals surface area contributed by atoms with E-state index in [0.717, 1.165) is 23.6 Å². The van der Waals surface area contributed by atoms with E-state index in [-0.39, 0.29) is 40.6 Å².